The van der Waals surface area contributed by atoms with Crippen molar-refractivity contribution in [3.05, 3.63) is 59.7 Å². The third-order valence-electron chi connectivity index (χ3n) is 3.20. The Balaban J connectivity index is 2.11. The maximum absolute atomic E-state index is 9.15. The molecule has 3 rings (SSSR count). The van der Waals surface area contributed by atoms with E-state index >= 15 is 0 Å². The fourth-order valence-corrected chi connectivity index (χ4v) is 2.39. The van der Waals surface area contributed by atoms with Gasteiger partial charge in [0.2, 0.25) is 0 Å². The van der Waals surface area contributed by atoms with Crippen LogP contribution < -0.4 is 4.90 Å². The Morgan fingerprint density at radius 1 is 0.941 bits per heavy atom. The summed E-state index contributed by atoms with van der Waals surface area (Å²) in [7, 11) is 0. The van der Waals surface area contributed by atoms with Gasteiger partial charge in [-0.3, -0.25) is 0 Å². The normalized spacial score (nSPS) is 13.2. The predicted molar refractivity (Wildman–Crippen MR) is 68.3 cm³/mol. The number of rotatable bonds is 1. The minimum atomic E-state index is 0.740. The number of hydrogen-bond acceptors (Lipinski definition) is 2. The summed E-state index contributed by atoms with van der Waals surface area (Å²) in [5.74, 6) is 0. The van der Waals surface area contributed by atoms with E-state index in [1.807, 2.05) is 30.3 Å². The van der Waals surface area contributed by atoms with Crippen LogP contribution in [-0.2, 0) is 6.42 Å². The molecular formula is C15H12N2. The molecule has 0 fully saturated rings. The minimum Gasteiger partial charge on any atom is -0.340 e. The van der Waals surface area contributed by atoms with Gasteiger partial charge in [0.15, 0.2) is 0 Å². The third-order valence-corrected chi connectivity index (χ3v) is 3.20. The zero-order valence-electron chi connectivity index (χ0n) is 9.43. The van der Waals surface area contributed by atoms with Gasteiger partial charge in [-0.1, -0.05) is 30.3 Å². The van der Waals surface area contributed by atoms with E-state index in [1.165, 1.54) is 11.3 Å². The van der Waals surface area contributed by atoms with Gasteiger partial charge in [0.25, 0.3) is 0 Å². The van der Waals surface area contributed by atoms with Gasteiger partial charge in [-0.25, -0.2) is 0 Å². The molecular weight excluding hydrogens is 208 g/mol. The molecule has 1 aliphatic heterocycles. The van der Waals surface area contributed by atoms with Gasteiger partial charge < -0.3 is 4.90 Å². The first-order valence-electron chi connectivity index (χ1n) is 5.75. The first-order chi connectivity index (χ1) is 8.40. The maximum atomic E-state index is 9.15. The van der Waals surface area contributed by atoms with Crippen LogP contribution in [-0.4, -0.2) is 6.54 Å². The first-order valence-corrected chi connectivity index (χ1v) is 5.75. The van der Waals surface area contributed by atoms with Gasteiger partial charge in [0.1, 0.15) is 6.07 Å². The van der Waals surface area contributed by atoms with Crippen LogP contribution in [0.2, 0.25) is 0 Å². The van der Waals surface area contributed by atoms with E-state index in [0.717, 1.165) is 24.2 Å². The Bertz CT molecular complexity index is 596. The van der Waals surface area contributed by atoms with E-state index in [2.05, 4.69) is 29.2 Å². The molecule has 2 heteroatoms. The second-order valence-corrected chi connectivity index (χ2v) is 4.16. The molecule has 0 saturated carbocycles. The van der Waals surface area contributed by atoms with Crippen molar-refractivity contribution < 1.29 is 0 Å². The Kier molecular flexibility index (Phi) is 2.31. The molecule has 1 aliphatic rings. The van der Waals surface area contributed by atoms with Gasteiger partial charge in [0.05, 0.1) is 11.3 Å². The van der Waals surface area contributed by atoms with E-state index in [0.29, 0.717) is 0 Å². The standard InChI is InChI=1S/C15H12N2/c16-11-13-6-2-4-8-15(13)17-10-9-12-5-1-3-7-14(12)17/h1-8H,9-10H2. The van der Waals surface area contributed by atoms with Crippen molar-refractivity contribution in [2.24, 2.45) is 0 Å². The van der Waals surface area contributed by atoms with Crippen LogP contribution in [0.5, 0.6) is 0 Å². The number of nitriles is 1. The maximum Gasteiger partial charge on any atom is 0.101 e. The zero-order valence-corrected chi connectivity index (χ0v) is 9.43. The lowest BCUT2D eigenvalue weighted by Crippen LogP contribution is -2.14. The molecule has 17 heavy (non-hydrogen) atoms. The molecule has 0 radical (unpaired) electrons. The summed E-state index contributed by atoms with van der Waals surface area (Å²) in [5.41, 5.74) is 4.35. The molecule has 0 aliphatic carbocycles. The summed E-state index contributed by atoms with van der Waals surface area (Å²) in [6, 6.07) is 18.4. The number of fused-ring (bicyclic) bond motifs is 1. The molecule has 0 bridgehead atoms. The zero-order chi connectivity index (χ0) is 11.7. The van der Waals surface area contributed by atoms with E-state index in [-0.39, 0.29) is 0 Å². The molecule has 2 aromatic carbocycles. The van der Waals surface area contributed by atoms with Crippen molar-refractivity contribution in [2.75, 3.05) is 11.4 Å². The lowest BCUT2D eigenvalue weighted by Gasteiger charge is -2.20. The lowest BCUT2D eigenvalue weighted by molar-refractivity contribution is 0.996. The fraction of sp³-hybridized carbons (Fsp3) is 0.133. The minimum absolute atomic E-state index is 0.740. The van der Waals surface area contributed by atoms with Crippen molar-refractivity contribution in [1.29, 1.82) is 5.26 Å². The summed E-state index contributed by atoms with van der Waals surface area (Å²) < 4.78 is 0. The number of hydrogen-bond donors (Lipinski definition) is 0. The van der Waals surface area contributed by atoms with Crippen LogP contribution in [0.25, 0.3) is 0 Å². The molecule has 2 nitrogen and oxygen atoms in total. The van der Waals surface area contributed by atoms with Gasteiger partial charge in [0, 0.05) is 12.2 Å². The Labute approximate surface area is 101 Å². The predicted octanol–water partition coefficient (Wildman–Crippen LogP) is 3.25. The van der Waals surface area contributed by atoms with Crippen molar-refractivity contribution >= 4 is 11.4 Å². The van der Waals surface area contributed by atoms with E-state index in [1.54, 1.807) is 0 Å². The summed E-state index contributed by atoms with van der Waals surface area (Å²) in [4.78, 5) is 2.23. The molecule has 82 valence electrons. The summed E-state index contributed by atoms with van der Waals surface area (Å²) in [6.45, 7) is 0.956. The largest absolute Gasteiger partial charge is 0.340 e. The molecule has 2 aromatic rings. The highest BCUT2D eigenvalue weighted by atomic mass is 15.2. The highest BCUT2D eigenvalue weighted by molar-refractivity contribution is 5.73. The van der Waals surface area contributed by atoms with Crippen LogP contribution in [0.3, 0.4) is 0 Å². The van der Waals surface area contributed by atoms with E-state index in [9.17, 15) is 0 Å². The SMILES string of the molecule is N#Cc1ccccc1N1CCc2ccccc21. The smallest absolute Gasteiger partial charge is 0.101 e. The number of nitrogens with zero attached hydrogens (tertiary/aromatic N) is 2. The summed E-state index contributed by atoms with van der Waals surface area (Å²) in [6.07, 6.45) is 1.05. The van der Waals surface area contributed by atoms with Crippen molar-refractivity contribution in [3.63, 3.8) is 0 Å². The molecule has 1 heterocycles. The van der Waals surface area contributed by atoms with Gasteiger partial charge in [-0.2, -0.15) is 5.26 Å². The van der Waals surface area contributed by atoms with E-state index < -0.39 is 0 Å². The summed E-state index contributed by atoms with van der Waals surface area (Å²) >= 11 is 0. The highest BCUT2D eigenvalue weighted by Crippen LogP contribution is 2.35. The van der Waals surface area contributed by atoms with Crippen LogP contribution in [0, 0.1) is 11.3 Å². The molecule has 0 atom stereocenters. The average molecular weight is 220 g/mol. The van der Waals surface area contributed by atoms with Crippen LogP contribution in [0.4, 0.5) is 11.4 Å². The molecule has 0 unspecified atom stereocenters. The Hall–Kier alpha value is -2.27. The lowest BCUT2D eigenvalue weighted by atomic mass is 10.1. The van der Waals surface area contributed by atoms with Crippen molar-refractivity contribution in [1.82, 2.24) is 0 Å². The monoisotopic (exact) mass is 220 g/mol. The van der Waals surface area contributed by atoms with E-state index in [4.69, 9.17) is 5.26 Å². The quantitative estimate of drug-likeness (QED) is 0.737. The second-order valence-electron chi connectivity index (χ2n) is 4.16. The average Bonchev–Trinajstić information content (AvgIpc) is 2.82. The second kappa shape index (κ2) is 3.95. The van der Waals surface area contributed by atoms with Gasteiger partial charge >= 0.3 is 0 Å². The molecule has 0 N–H and O–H groups in total. The third kappa shape index (κ3) is 1.57. The van der Waals surface area contributed by atoms with Gasteiger partial charge in [-0.15, -0.1) is 0 Å². The molecule has 0 aromatic heterocycles. The Morgan fingerprint density at radius 3 is 2.47 bits per heavy atom. The fourth-order valence-electron chi connectivity index (χ4n) is 2.39. The Morgan fingerprint density at radius 2 is 1.65 bits per heavy atom. The molecule has 0 saturated heterocycles. The number of anilines is 2. The van der Waals surface area contributed by atoms with Crippen LogP contribution in [0.1, 0.15) is 11.1 Å². The summed E-state index contributed by atoms with van der Waals surface area (Å²) in [5, 5.41) is 9.15. The topological polar surface area (TPSA) is 27.0 Å². The number of para-hydroxylation sites is 2. The van der Waals surface area contributed by atoms with Gasteiger partial charge in [-0.05, 0) is 30.2 Å². The molecule has 0 spiro atoms. The van der Waals surface area contributed by atoms with Crippen LogP contribution in [0.15, 0.2) is 48.5 Å². The van der Waals surface area contributed by atoms with Crippen molar-refractivity contribution in [2.45, 2.75) is 6.42 Å². The first kappa shape index (κ1) is 9.92. The molecule has 0 amide bonds. The number of benzene rings is 2. The highest BCUT2D eigenvalue weighted by Gasteiger charge is 2.21. The van der Waals surface area contributed by atoms with Crippen molar-refractivity contribution in [3.8, 4) is 6.07 Å². The van der Waals surface area contributed by atoms with Crippen LogP contribution >= 0.6 is 0 Å².